The Kier molecular flexibility index (Phi) is 9.07. The summed E-state index contributed by atoms with van der Waals surface area (Å²) >= 11 is 0. The molecule has 6 rings (SSSR count). The number of benzene rings is 3. The van der Waals surface area contributed by atoms with Crippen molar-refractivity contribution in [3.63, 3.8) is 0 Å². The Morgan fingerprint density at radius 3 is 2.50 bits per heavy atom. The predicted octanol–water partition coefficient (Wildman–Crippen LogP) is 7.58. The number of aromatic nitrogens is 2. The highest BCUT2D eigenvalue weighted by molar-refractivity contribution is 6.07. The van der Waals surface area contributed by atoms with Gasteiger partial charge < -0.3 is 24.4 Å². The molecule has 0 saturated heterocycles. The molecule has 2 N–H and O–H groups in total. The van der Waals surface area contributed by atoms with Crippen molar-refractivity contribution >= 4 is 27.8 Å². The van der Waals surface area contributed by atoms with Gasteiger partial charge in [-0.3, -0.25) is 9.78 Å². The number of hydrogen-bond acceptors (Lipinski definition) is 7. The van der Waals surface area contributed by atoms with Crippen LogP contribution in [-0.4, -0.2) is 44.7 Å². The van der Waals surface area contributed by atoms with Gasteiger partial charge in [-0.2, -0.15) is 0 Å². The average molecular weight is 635 g/mol. The predicted molar refractivity (Wildman–Crippen MR) is 167 cm³/mol. The third-order valence-corrected chi connectivity index (χ3v) is 7.04. The number of carbonyl (C=O) groups is 1. The Morgan fingerprint density at radius 1 is 1.04 bits per heavy atom. The number of para-hydroxylation sites is 1. The summed E-state index contributed by atoms with van der Waals surface area (Å²) in [7, 11) is 0. The second kappa shape index (κ2) is 12.8. The largest absolute Gasteiger partial charge is 0.573 e. The Labute approximate surface area is 263 Å². The van der Waals surface area contributed by atoms with E-state index >= 15 is 0 Å². The number of carboxylic acid groups (broad SMARTS) is 1. The van der Waals surface area contributed by atoms with Crippen molar-refractivity contribution in [1.82, 2.24) is 9.97 Å². The molecule has 240 valence electrons. The highest BCUT2D eigenvalue weighted by Crippen LogP contribution is 2.42. The normalized spacial score (nSPS) is 12.7. The molecule has 2 aromatic heterocycles. The van der Waals surface area contributed by atoms with Crippen molar-refractivity contribution in [1.29, 1.82) is 0 Å². The zero-order chi connectivity index (χ0) is 33.2. The molecular weight excluding hydrogens is 601 g/mol. The number of aliphatic hydroxyl groups is 1. The number of hydrogen-bond donors (Lipinski definition) is 2. The van der Waals surface area contributed by atoms with Gasteiger partial charge in [0.25, 0.3) is 0 Å². The van der Waals surface area contributed by atoms with Crippen LogP contribution in [-0.2, 0) is 24.2 Å². The number of halogens is 3. The minimum absolute atomic E-state index is 0.194. The van der Waals surface area contributed by atoms with Crippen LogP contribution in [0.25, 0.3) is 32.9 Å². The van der Waals surface area contributed by atoms with Crippen molar-refractivity contribution in [2.75, 3.05) is 6.61 Å². The van der Waals surface area contributed by atoms with Crippen molar-refractivity contribution in [2.45, 2.75) is 59.1 Å². The van der Waals surface area contributed by atoms with Crippen molar-refractivity contribution in [3.05, 3.63) is 89.1 Å². The quantitative estimate of drug-likeness (QED) is 0.189. The lowest BCUT2D eigenvalue weighted by Gasteiger charge is -2.21. The van der Waals surface area contributed by atoms with Crippen LogP contribution in [0.15, 0.2) is 66.9 Å². The van der Waals surface area contributed by atoms with Crippen LogP contribution < -0.4 is 14.2 Å². The van der Waals surface area contributed by atoms with Gasteiger partial charge in [-0.1, -0.05) is 18.2 Å². The van der Waals surface area contributed by atoms with Crippen LogP contribution >= 0.6 is 0 Å². The van der Waals surface area contributed by atoms with Gasteiger partial charge in [-0.05, 0) is 86.3 Å². The summed E-state index contributed by atoms with van der Waals surface area (Å²) < 4.78 is 54.3. The summed E-state index contributed by atoms with van der Waals surface area (Å²) in [4.78, 5) is 21.2. The van der Waals surface area contributed by atoms with Crippen LogP contribution in [0.1, 0.15) is 43.0 Å². The molecule has 3 aromatic carbocycles. The first-order chi connectivity index (χ1) is 21.7. The fraction of sp³-hybridized carbons (Fsp3) is 0.286. The summed E-state index contributed by atoms with van der Waals surface area (Å²) in [6.07, 6.45) is -2.55. The van der Waals surface area contributed by atoms with Gasteiger partial charge in [0.2, 0.25) is 5.88 Å². The molecule has 0 radical (unpaired) electrons. The number of fused-ring (bicyclic) bond motifs is 1. The topological polar surface area (TPSA) is 111 Å². The lowest BCUT2D eigenvalue weighted by molar-refractivity contribution is -0.275. The fourth-order valence-corrected chi connectivity index (χ4v) is 5.30. The van der Waals surface area contributed by atoms with Crippen molar-refractivity contribution < 1.29 is 42.4 Å². The lowest BCUT2D eigenvalue weighted by Crippen LogP contribution is -2.18. The average Bonchev–Trinajstić information content (AvgIpc) is 2.96. The van der Waals surface area contributed by atoms with E-state index in [0.717, 1.165) is 34.2 Å². The molecule has 46 heavy (non-hydrogen) atoms. The van der Waals surface area contributed by atoms with E-state index in [9.17, 15) is 23.1 Å². The first kappa shape index (κ1) is 32.5. The van der Waals surface area contributed by atoms with Crippen molar-refractivity contribution in [3.8, 4) is 28.5 Å². The molecule has 11 heteroatoms. The lowest BCUT2D eigenvalue weighted by atomic mass is 9.88. The van der Waals surface area contributed by atoms with Gasteiger partial charge in [0, 0.05) is 40.6 Å². The Balaban J connectivity index is 0.000000775. The number of carboxylic acids is 1. The highest BCUT2D eigenvalue weighted by Gasteiger charge is 2.32. The van der Waals surface area contributed by atoms with Crippen molar-refractivity contribution in [2.24, 2.45) is 0 Å². The van der Waals surface area contributed by atoms with E-state index in [1.807, 2.05) is 25.1 Å². The summed E-state index contributed by atoms with van der Waals surface area (Å²) in [6, 6.07) is 16.7. The van der Waals surface area contributed by atoms with Crippen LogP contribution in [0.2, 0.25) is 0 Å². The summed E-state index contributed by atoms with van der Waals surface area (Å²) in [5.74, 6) is -0.394. The number of aliphatic carboxylic acids is 1. The third-order valence-electron chi connectivity index (χ3n) is 7.04. The first-order valence-corrected chi connectivity index (χ1v) is 14.6. The zero-order valence-corrected chi connectivity index (χ0v) is 25.7. The third kappa shape index (κ3) is 7.66. The molecule has 0 aliphatic carbocycles. The molecule has 5 aromatic rings. The first-order valence-electron chi connectivity index (χ1n) is 14.6. The minimum Gasteiger partial charge on any atom is -0.493 e. The van der Waals surface area contributed by atoms with Gasteiger partial charge in [0.15, 0.2) is 0 Å². The molecule has 0 amide bonds. The summed E-state index contributed by atoms with van der Waals surface area (Å²) in [5.41, 5.74) is 4.89. The van der Waals surface area contributed by atoms with E-state index in [4.69, 9.17) is 14.6 Å². The Bertz CT molecular complexity index is 1900. The maximum atomic E-state index is 12.8. The SMILES string of the molecule is CC(C)(C)O.Cc1cc2nc(OCc3ccccc3OC(F)(F)F)ccc2c(-c2ccc3c4c(ccnc24)CCO3)c1CC(=O)O. The molecular formula is C35H33F3N2O6. The van der Waals surface area contributed by atoms with Gasteiger partial charge in [0.05, 0.1) is 29.7 Å². The molecule has 0 atom stereocenters. The molecule has 1 aliphatic heterocycles. The standard InChI is InChI=1S/C31H23F3N2O5.C4H10O/c1-17-14-23-20(7-9-26(36-23)40-16-19-4-2-3-5-24(19)41-31(32,33)34)29(22(17)15-27(37)38)21-6-8-25-28-18(11-13-39-25)10-12-35-30(21)28;1-4(2,3)5/h2-10,12,14H,11,13,15-16H2,1H3,(H,37,38);5H,1-3H3. The second-order valence-electron chi connectivity index (χ2n) is 11.9. The van der Waals surface area contributed by atoms with E-state index < -0.39 is 17.9 Å². The van der Waals surface area contributed by atoms with Crippen LogP contribution in [0, 0.1) is 6.92 Å². The van der Waals surface area contributed by atoms with Crippen LogP contribution in [0.5, 0.6) is 17.4 Å². The number of alkyl halides is 3. The number of aryl methyl sites for hydroxylation is 1. The van der Waals surface area contributed by atoms with Gasteiger partial charge in [-0.25, -0.2) is 4.98 Å². The van der Waals surface area contributed by atoms with E-state index in [2.05, 4.69) is 14.7 Å². The molecule has 1 aliphatic rings. The number of nitrogens with zero attached hydrogens (tertiary/aromatic N) is 2. The van der Waals surface area contributed by atoms with Gasteiger partial charge >= 0.3 is 12.3 Å². The van der Waals surface area contributed by atoms with Crippen LogP contribution in [0.4, 0.5) is 13.2 Å². The highest BCUT2D eigenvalue weighted by atomic mass is 19.4. The minimum atomic E-state index is -4.83. The van der Waals surface area contributed by atoms with E-state index in [1.165, 1.54) is 18.2 Å². The molecule has 3 heterocycles. The molecule has 0 spiro atoms. The zero-order valence-electron chi connectivity index (χ0n) is 25.7. The summed E-state index contributed by atoms with van der Waals surface area (Å²) in [6.45, 7) is 7.42. The van der Waals surface area contributed by atoms with Gasteiger partial charge in [0.1, 0.15) is 18.1 Å². The molecule has 0 saturated carbocycles. The second-order valence-corrected chi connectivity index (χ2v) is 11.9. The molecule has 8 nitrogen and oxygen atoms in total. The monoisotopic (exact) mass is 634 g/mol. The van der Waals surface area contributed by atoms with E-state index in [1.54, 1.807) is 51.2 Å². The number of rotatable bonds is 7. The van der Waals surface area contributed by atoms with E-state index in [-0.39, 0.29) is 30.2 Å². The Morgan fingerprint density at radius 2 is 1.78 bits per heavy atom. The molecule has 0 unspecified atom stereocenters. The van der Waals surface area contributed by atoms with E-state index in [0.29, 0.717) is 34.2 Å². The number of ether oxygens (including phenoxy) is 3. The maximum absolute atomic E-state index is 12.8. The number of pyridine rings is 2. The molecule has 0 fully saturated rings. The maximum Gasteiger partial charge on any atom is 0.573 e. The summed E-state index contributed by atoms with van der Waals surface area (Å²) in [5, 5.41) is 19.9. The fourth-order valence-electron chi connectivity index (χ4n) is 5.30. The molecule has 0 bridgehead atoms. The van der Waals surface area contributed by atoms with Gasteiger partial charge in [-0.15, -0.1) is 13.2 Å². The van der Waals surface area contributed by atoms with Crippen LogP contribution in [0.3, 0.4) is 0 Å². The smallest absolute Gasteiger partial charge is 0.493 e. The Hall–Kier alpha value is -4.90.